The first-order chi connectivity index (χ1) is 11.8. The number of fused-ring (bicyclic) bond motifs is 1. The first kappa shape index (κ1) is 19.3. The van der Waals surface area contributed by atoms with Gasteiger partial charge in [-0.25, -0.2) is 0 Å². The van der Waals surface area contributed by atoms with Gasteiger partial charge in [0.05, 0.1) is 43.6 Å². The van der Waals surface area contributed by atoms with E-state index < -0.39 is 80.4 Å². The van der Waals surface area contributed by atoms with Crippen LogP contribution in [0.5, 0.6) is 0 Å². The van der Waals surface area contributed by atoms with Crippen LogP contribution in [0, 0.1) is 0 Å². The minimum absolute atomic E-state index is 0.0419. The summed E-state index contributed by atoms with van der Waals surface area (Å²) < 4.78 is 10.8. The summed E-state index contributed by atoms with van der Waals surface area (Å²) in [6.07, 6.45) is -12.0. The molecular weight excluding hydrogens is 342 g/mol. The van der Waals surface area contributed by atoms with Crippen LogP contribution in [-0.4, -0.2) is 133 Å². The van der Waals surface area contributed by atoms with Crippen LogP contribution in [0.2, 0.25) is 0 Å². The topological polar surface area (TPSA) is 184 Å². The van der Waals surface area contributed by atoms with Crippen LogP contribution < -0.4 is 0 Å². The molecule has 0 aliphatic carbocycles. The SMILES string of the molecule is OC[C@@H]1[C@@H](O)[C@H](O)[C@H]2[C@H](O)[C@@H](OC3O[C@H](CO)[C@@H](O)[C@H](O)[C@H]3O)CN21. The van der Waals surface area contributed by atoms with E-state index in [-0.39, 0.29) is 6.54 Å². The van der Waals surface area contributed by atoms with E-state index in [4.69, 9.17) is 9.47 Å². The number of hydrogen-bond acceptors (Lipinski definition) is 11. The van der Waals surface area contributed by atoms with Crippen molar-refractivity contribution in [2.24, 2.45) is 0 Å². The van der Waals surface area contributed by atoms with Crippen LogP contribution in [0.3, 0.4) is 0 Å². The molecule has 0 saturated carbocycles. The third-order valence-corrected chi connectivity index (χ3v) is 5.37. The summed E-state index contributed by atoms with van der Waals surface area (Å²) in [6, 6.07) is -1.62. The Kier molecular flexibility index (Phi) is 5.63. The summed E-state index contributed by atoms with van der Waals surface area (Å²) in [5, 5.41) is 78.5. The molecule has 0 amide bonds. The highest BCUT2D eigenvalue weighted by Gasteiger charge is 2.58. The van der Waals surface area contributed by atoms with E-state index in [0.29, 0.717) is 0 Å². The van der Waals surface area contributed by atoms with Crippen molar-refractivity contribution in [3.8, 4) is 0 Å². The van der Waals surface area contributed by atoms with Crippen molar-refractivity contribution >= 4 is 0 Å². The van der Waals surface area contributed by atoms with Crippen LogP contribution in [0.25, 0.3) is 0 Å². The molecule has 0 bridgehead atoms. The molecule has 0 radical (unpaired) electrons. The van der Waals surface area contributed by atoms with Crippen molar-refractivity contribution in [2.45, 2.75) is 67.2 Å². The number of nitrogens with zero attached hydrogens (tertiary/aromatic N) is 1. The Bertz CT molecular complexity index is 467. The molecule has 0 spiro atoms. The van der Waals surface area contributed by atoms with Crippen LogP contribution in [-0.2, 0) is 9.47 Å². The van der Waals surface area contributed by atoms with E-state index in [1.807, 2.05) is 0 Å². The third kappa shape index (κ3) is 3.09. The average molecular weight is 367 g/mol. The molecule has 8 N–H and O–H groups in total. The van der Waals surface area contributed by atoms with E-state index in [9.17, 15) is 40.9 Å². The minimum atomic E-state index is -1.61. The van der Waals surface area contributed by atoms with Gasteiger partial charge in [-0.3, -0.25) is 4.90 Å². The number of rotatable bonds is 4. The largest absolute Gasteiger partial charge is 0.395 e. The number of ether oxygens (including phenoxy) is 2. The molecule has 0 aromatic rings. The molecular formula is C14H25NO10. The lowest BCUT2D eigenvalue weighted by Crippen LogP contribution is -2.60. The maximum absolute atomic E-state index is 10.4. The van der Waals surface area contributed by atoms with Gasteiger partial charge in [0.15, 0.2) is 6.29 Å². The maximum atomic E-state index is 10.4. The minimum Gasteiger partial charge on any atom is -0.395 e. The van der Waals surface area contributed by atoms with E-state index in [1.165, 1.54) is 4.90 Å². The van der Waals surface area contributed by atoms with Gasteiger partial charge in [0, 0.05) is 6.54 Å². The van der Waals surface area contributed by atoms with Gasteiger partial charge < -0.3 is 50.3 Å². The molecule has 1 unspecified atom stereocenters. The van der Waals surface area contributed by atoms with E-state index >= 15 is 0 Å². The zero-order valence-electron chi connectivity index (χ0n) is 13.3. The highest BCUT2D eigenvalue weighted by molar-refractivity contribution is 5.10. The van der Waals surface area contributed by atoms with Crippen molar-refractivity contribution in [3.05, 3.63) is 0 Å². The second kappa shape index (κ2) is 7.29. The molecule has 11 heteroatoms. The van der Waals surface area contributed by atoms with Gasteiger partial charge in [0.1, 0.15) is 30.5 Å². The van der Waals surface area contributed by atoms with Gasteiger partial charge in [-0.2, -0.15) is 0 Å². The molecule has 146 valence electrons. The van der Waals surface area contributed by atoms with E-state index in [1.54, 1.807) is 0 Å². The van der Waals surface area contributed by atoms with Crippen molar-refractivity contribution in [1.82, 2.24) is 4.90 Å². The van der Waals surface area contributed by atoms with Crippen molar-refractivity contribution in [1.29, 1.82) is 0 Å². The molecule has 3 aliphatic heterocycles. The molecule has 25 heavy (non-hydrogen) atoms. The fourth-order valence-electron chi connectivity index (χ4n) is 3.92. The number of hydrogen-bond donors (Lipinski definition) is 8. The van der Waals surface area contributed by atoms with Crippen LogP contribution in [0.4, 0.5) is 0 Å². The Morgan fingerprint density at radius 2 is 1.48 bits per heavy atom. The standard InChI is InChI=1S/C14H25NO10/c16-2-4-8(18)11(21)7-9(19)5(1-15(4)7)24-14-13(23)12(22)10(20)6(3-17)25-14/h4-14,16-23H,1-3H2/t4-,5+,6-,7-,8-,9-,10-,11-,12+,13-,14?/m1/s1. The van der Waals surface area contributed by atoms with Gasteiger partial charge in [-0.05, 0) is 0 Å². The van der Waals surface area contributed by atoms with Gasteiger partial charge in [-0.1, -0.05) is 0 Å². The van der Waals surface area contributed by atoms with Crippen molar-refractivity contribution < 1.29 is 50.3 Å². The lowest BCUT2D eigenvalue weighted by Gasteiger charge is -2.40. The van der Waals surface area contributed by atoms with Crippen LogP contribution in [0.1, 0.15) is 0 Å². The normalized spacial score (nSPS) is 54.0. The number of aliphatic hydroxyl groups is 8. The summed E-state index contributed by atoms with van der Waals surface area (Å²) in [7, 11) is 0. The molecule has 3 fully saturated rings. The molecule has 3 saturated heterocycles. The molecule has 0 aromatic carbocycles. The van der Waals surface area contributed by atoms with Crippen LogP contribution >= 0.6 is 0 Å². The van der Waals surface area contributed by atoms with Gasteiger partial charge in [0.2, 0.25) is 0 Å². The quantitative estimate of drug-likeness (QED) is 0.237. The number of aliphatic hydroxyl groups excluding tert-OH is 8. The van der Waals surface area contributed by atoms with E-state index in [0.717, 1.165) is 0 Å². The predicted molar refractivity (Wildman–Crippen MR) is 78.0 cm³/mol. The highest BCUT2D eigenvalue weighted by Crippen LogP contribution is 2.36. The first-order valence-electron chi connectivity index (χ1n) is 8.18. The summed E-state index contributed by atoms with van der Waals surface area (Å²) >= 11 is 0. The average Bonchev–Trinajstić information content (AvgIpc) is 3.03. The van der Waals surface area contributed by atoms with Crippen molar-refractivity contribution in [3.63, 3.8) is 0 Å². The lowest BCUT2D eigenvalue weighted by atomic mass is 9.99. The van der Waals surface area contributed by atoms with Gasteiger partial charge in [0.25, 0.3) is 0 Å². The van der Waals surface area contributed by atoms with E-state index in [2.05, 4.69) is 0 Å². The predicted octanol–water partition coefficient (Wildman–Crippen LogP) is -5.69. The molecule has 11 atom stereocenters. The summed E-state index contributed by atoms with van der Waals surface area (Å²) in [4.78, 5) is 1.52. The highest BCUT2D eigenvalue weighted by atomic mass is 16.7. The Hall–Kier alpha value is -0.440. The first-order valence-corrected chi connectivity index (χ1v) is 8.18. The zero-order valence-corrected chi connectivity index (χ0v) is 13.3. The second-order valence-corrected chi connectivity index (χ2v) is 6.78. The Morgan fingerprint density at radius 1 is 0.800 bits per heavy atom. The zero-order chi connectivity index (χ0) is 18.5. The second-order valence-electron chi connectivity index (χ2n) is 6.78. The maximum Gasteiger partial charge on any atom is 0.187 e. The van der Waals surface area contributed by atoms with Crippen LogP contribution in [0.15, 0.2) is 0 Å². The molecule has 0 aromatic heterocycles. The monoisotopic (exact) mass is 367 g/mol. The Labute approximate surface area is 143 Å². The fourth-order valence-corrected chi connectivity index (χ4v) is 3.92. The van der Waals surface area contributed by atoms with Gasteiger partial charge >= 0.3 is 0 Å². The molecule has 11 nitrogen and oxygen atoms in total. The molecule has 3 rings (SSSR count). The smallest absolute Gasteiger partial charge is 0.187 e. The fraction of sp³-hybridized carbons (Fsp3) is 1.00. The Morgan fingerprint density at radius 3 is 2.08 bits per heavy atom. The van der Waals surface area contributed by atoms with Crippen molar-refractivity contribution in [2.75, 3.05) is 19.8 Å². The molecule has 3 heterocycles. The summed E-state index contributed by atoms with van der Waals surface area (Å²) in [5.41, 5.74) is 0. The summed E-state index contributed by atoms with van der Waals surface area (Å²) in [5.74, 6) is 0. The lowest BCUT2D eigenvalue weighted by molar-refractivity contribution is -0.314. The Balaban J connectivity index is 1.70. The third-order valence-electron chi connectivity index (χ3n) is 5.37. The molecule has 3 aliphatic rings. The van der Waals surface area contributed by atoms with Gasteiger partial charge in [-0.15, -0.1) is 0 Å². The summed E-state index contributed by atoms with van der Waals surface area (Å²) in [6.45, 7) is -0.987.